The Balaban J connectivity index is 2.02. The van der Waals surface area contributed by atoms with E-state index in [-0.39, 0.29) is 24.7 Å². The molecule has 0 aliphatic rings. The van der Waals surface area contributed by atoms with Gasteiger partial charge in [-0.25, -0.2) is 4.99 Å². The SMILES string of the molecule is CN(C)C(=O)CNC(=NCc1ccccc1OC(F)F)NCCc1cccs1. The minimum absolute atomic E-state index is 0.0764. The number of amides is 1. The summed E-state index contributed by atoms with van der Waals surface area (Å²) in [6, 6.07) is 10.5. The molecule has 0 atom stereocenters. The van der Waals surface area contributed by atoms with Crippen molar-refractivity contribution < 1.29 is 18.3 Å². The monoisotopic (exact) mass is 410 g/mol. The lowest BCUT2D eigenvalue weighted by Crippen LogP contribution is -2.43. The minimum Gasteiger partial charge on any atom is -0.434 e. The molecular formula is C19H24F2N4O2S. The maximum absolute atomic E-state index is 12.6. The molecule has 0 bridgehead atoms. The molecular weight excluding hydrogens is 386 g/mol. The molecule has 0 aliphatic carbocycles. The smallest absolute Gasteiger partial charge is 0.387 e. The molecule has 9 heteroatoms. The normalized spacial score (nSPS) is 11.4. The summed E-state index contributed by atoms with van der Waals surface area (Å²) in [5.74, 6) is 0.413. The minimum atomic E-state index is -2.90. The standard InChI is InChI=1S/C19H24F2N4O2S/c1-25(2)17(26)13-24-19(22-10-9-15-7-5-11-28-15)23-12-14-6-3-4-8-16(14)27-18(20)21/h3-8,11,18H,9-10,12-13H2,1-2H3,(H2,22,23,24). The van der Waals surface area contributed by atoms with E-state index in [1.165, 1.54) is 15.8 Å². The van der Waals surface area contributed by atoms with Crippen molar-refractivity contribution in [2.75, 3.05) is 27.2 Å². The van der Waals surface area contributed by atoms with E-state index in [9.17, 15) is 13.6 Å². The highest BCUT2D eigenvalue weighted by Crippen LogP contribution is 2.20. The highest BCUT2D eigenvalue weighted by molar-refractivity contribution is 7.09. The van der Waals surface area contributed by atoms with Gasteiger partial charge in [0.25, 0.3) is 0 Å². The summed E-state index contributed by atoms with van der Waals surface area (Å²) in [6.45, 7) is -2.07. The van der Waals surface area contributed by atoms with E-state index in [4.69, 9.17) is 0 Å². The predicted molar refractivity (Wildman–Crippen MR) is 107 cm³/mol. The molecule has 0 aliphatic heterocycles. The number of halogens is 2. The molecule has 1 aromatic heterocycles. The highest BCUT2D eigenvalue weighted by atomic mass is 32.1. The first-order valence-electron chi connectivity index (χ1n) is 8.73. The molecule has 0 spiro atoms. The number of hydrogen-bond acceptors (Lipinski definition) is 4. The number of alkyl halides is 2. The zero-order valence-electron chi connectivity index (χ0n) is 15.8. The maximum atomic E-state index is 12.6. The van der Waals surface area contributed by atoms with Crippen molar-refractivity contribution in [1.82, 2.24) is 15.5 Å². The van der Waals surface area contributed by atoms with Crippen LogP contribution in [0.15, 0.2) is 46.8 Å². The van der Waals surface area contributed by atoms with Crippen molar-refractivity contribution >= 4 is 23.2 Å². The quantitative estimate of drug-likeness (QED) is 0.493. The number of thiophene rings is 1. The third-order valence-electron chi connectivity index (χ3n) is 3.75. The number of ether oxygens (including phenoxy) is 1. The summed E-state index contributed by atoms with van der Waals surface area (Å²) in [7, 11) is 3.34. The van der Waals surface area contributed by atoms with Crippen molar-refractivity contribution in [1.29, 1.82) is 0 Å². The van der Waals surface area contributed by atoms with Crippen LogP contribution in [0.5, 0.6) is 5.75 Å². The number of aliphatic imine (C=N–C) groups is 1. The fourth-order valence-corrected chi connectivity index (χ4v) is 2.97. The van der Waals surface area contributed by atoms with Crippen LogP contribution in [0.4, 0.5) is 8.78 Å². The van der Waals surface area contributed by atoms with Crippen LogP contribution >= 0.6 is 11.3 Å². The number of carbonyl (C=O) groups excluding carboxylic acids is 1. The second kappa shape index (κ2) is 11.2. The highest BCUT2D eigenvalue weighted by Gasteiger charge is 2.10. The van der Waals surface area contributed by atoms with Gasteiger partial charge in [0.1, 0.15) is 5.75 Å². The number of guanidine groups is 1. The number of benzene rings is 1. The summed E-state index contributed by atoms with van der Waals surface area (Å²) in [5, 5.41) is 8.15. The van der Waals surface area contributed by atoms with Crippen LogP contribution in [0.1, 0.15) is 10.4 Å². The van der Waals surface area contributed by atoms with Crippen molar-refractivity contribution in [3.63, 3.8) is 0 Å². The van der Waals surface area contributed by atoms with Gasteiger partial charge in [-0.1, -0.05) is 24.3 Å². The number of rotatable bonds is 9. The molecule has 0 radical (unpaired) electrons. The Labute approximate surface area is 167 Å². The Morgan fingerprint density at radius 2 is 2.00 bits per heavy atom. The van der Waals surface area contributed by atoms with Gasteiger partial charge >= 0.3 is 6.61 Å². The van der Waals surface area contributed by atoms with Crippen LogP contribution in [0, 0.1) is 0 Å². The first kappa shape index (κ1) is 21.6. The number of nitrogens with zero attached hydrogens (tertiary/aromatic N) is 2. The van der Waals surface area contributed by atoms with Crippen LogP contribution in [0.3, 0.4) is 0 Å². The lowest BCUT2D eigenvalue weighted by atomic mass is 10.2. The molecule has 6 nitrogen and oxygen atoms in total. The number of carbonyl (C=O) groups is 1. The Hall–Kier alpha value is -2.68. The Morgan fingerprint density at radius 1 is 1.21 bits per heavy atom. The van der Waals surface area contributed by atoms with Crippen LogP contribution < -0.4 is 15.4 Å². The third kappa shape index (κ3) is 7.51. The van der Waals surface area contributed by atoms with Gasteiger partial charge in [-0.05, 0) is 23.9 Å². The number of hydrogen-bond donors (Lipinski definition) is 2. The van der Waals surface area contributed by atoms with Gasteiger partial charge in [0.2, 0.25) is 5.91 Å². The van der Waals surface area contributed by atoms with Gasteiger partial charge in [-0.15, -0.1) is 11.3 Å². The van der Waals surface area contributed by atoms with Gasteiger partial charge in [0, 0.05) is 31.1 Å². The van der Waals surface area contributed by atoms with Gasteiger partial charge in [0.05, 0.1) is 13.1 Å². The molecule has 2 N–H and O–H groups in total. The fraction of sp³-hybridized carbons (Fsp3) is 0.368. The predicted octanol–water partition coefficient (Wildman–Crippen LogP) is 2.72. The molecule has 0 saturated heterocycles. The van der Waals surface area contributed by atoms with Crippen molar-refractivity contribution in [2.45, 2.75) is 19.6 Å². The average molecular weight is 410 g/mol. The summed E-state index contributed by atoms with van der Waals surface area (Å²) in [5.41, 5.74) is 0.529. The molecule has 1 amide bonds. The van der Waals surface area contributed by atoms with Crippen LogP contribution in [-0.4, -0.2) is 50.6 Å². The van der Waals surface area contributed by atoms with Gasteiger partial charge in [-0.3, -0.25) is 4.79 Å². The lowest BCUT2D eigenvalue weighted by Gasteiger charge is -2.15. The first-order valence-corrected chi connectivity index (χ1v) is 9.61. The maximum Gasteiger partial charge on any atom is 0.387 e. The molecule has 28 heavy (non-hydrogen) atoms. The molecule has 152 valence electrons. The van der Waals surface area contributed by atoms with Crippen molar-refractivity contribution in [3.05, 3.63) is 52.2 Å². The van der Waals surface area contributed by atoms with E-state index in [0.717, 1.165) is 6.42 Å². The second-order valence-corrected chi connectivity index (χ2v) is 7.08. The van der Waals surface area contributed by atoms with E-state index < -0.39 is 6.61 Å². The zero-order valence-corrected chi connectivity index (χ0v) is 16.6. The molecule has 2 aromatic rings. The van der Waals surface area contributed by atoms with Gasteiger partial charge in [0.15, 0.2) is 5.96 Å². The largest absolute Gasteiger partial charge is 0.434 e. The number of likely N-dealkylation sites (N-methyl/N-ethyl adjacent to an activating group) is 1. The fourth-order valence-electron chi connectivity index (χ4n) is 2.26. The van der Waals surface area contributed by atoms with E-state index in [1.54, 1.807) is 43.6 Å². The molecule has 0 saturated carbocycles. The zero-order chi connectivity index (χ0) is 20.4. The van der Waals surface area contributed by atoms with Crippen LogP contribution in [0.2, 0.25) is 0 Å². The van der Waals surface area contributed by atoms with Crippen molar-refractivity contribution in [2.24, 2.45) is 4.99 Å². The summed E-state index contributed by atoms with van der Waals surface area (Å²) in [4.78, 5) is 19.0. The van der Waals surface area contributed by atoms with Crippen LogP contribution in [-0.2, 0) is 17.8 Å². The Kier molecular flexibility index (Phi) is 8.67. The Bertz CT molecular complexity index is 767. The molecule has 0 unspecified atom stereocenters. The molecule has 2 rings (SSSR count). The number of para-hydroxylation sites is 1. The van der Waals surface area contributed by atoms with Crippen molar-refractivity contribution in [3.8, 4) is 5.75 Å². The van der Waals surface area contributed by atoms with Gasteiger partial charge in [-0.2, -0.15) is 8.78 Å². The molecule has 1 heterocycles. The van der Waals surface area contributed by atoms with Crippen LogP contribution in [0.25, 0.3) is 0 Å². The average Bonchev–Trinajstić information content (AvgIpc) is 3.17. The molecule has 0 fully saturated rings. The summed E-state index contributed by atoms with van der Waals surface area (Å²) >= 11 is 1.67. The number of nitrogens with one attached hydrogen (secondary N) is 2. The topological polar surface area (TPSA) is 66.0 Å². The first-order chi connectivity index (χ1) is 13.5. The van der Waals surface area contributed by atoms with E-state index in [0.29, 0.717) is 18.1 Å². The molecule has 1 aromatic carbocycles. The van der Waals surface area contributed by atoms with E-state index in [1.807, 2.05) is 17.5 Å². The summed E-state index contributed by atoms with van der Waals surface area (Å²) in [6.07, 6.45) is 0.811. The Morgan fingerprint density at radius 3 is 2.68 bits per heavy atom. The van der Waals surface area contributed by atoms with Gasteiger partial charge < -0.3 is 20.3 Å². The van der Waals surface area contributed by atoms with E-state index >= 15 is 0 Å². The van der Waals surface area contributed by atoms with E-state index in [2.05, 4.69) is 20.4 Å². The summed E-state index contributed by atoms with van der Waals surface area (Å²) < 4.78 is 29.7. The second-order valence-electron chi connectivity index (χ2n) is 6.05. The lowest BCUT2D eigenvalue weighted by molar-refractivity contribution is -0.127. The third-order valence-corrected chi connectivity index (χ3v) is 4.68.